The Labute approximate surface area is 86.1 Å². The molecule has 0 aliphatic rings. The quantitative estimate of drug-likeness (QED) is 0.565. The van der Waals surface area contributed by atoms with Crippen LogP contribution in [-0.4, -0.2) is 22.3 Å². The highest BCUT2D eigenvalue weighted by Crippen LogP contribution is 2.10. The van der Waals surface area contributed by atoms with Crippen LogP contribution in [0.4, 0.5) is 0 Å². The summed E-state index contributed by atoms with van der Waals surface area (Å²) >= 11 is 0. The molecule has 84 valence electrons. The summed E-state index contributed by atoms with van der Waals surface area (Å²) in [7, 11) is 0. The van der Waals surface area contributed by atoms with Crippen molar-refractivity contribution in [3.8, 4) is 0 Å². The summed E-state index contributed by atoms with van der Waals surface area (Å²) in [5.41, 5.74) is 0. The van der Waals surface area contributed by atoms with Crippen LogP contribution in [0.5, 0.6) is 0 Å². The summed E-state index contributed by atoms with van der Waals surface area (Å²) in [6.07, 6.45) is 6.56. The third kappa shape index (κ3) is 9.52. The van der Waals surface area contributed by atoms with Crippen LogP contribution in [-0.2, 0) is 4.79 Å². The summed E-state index contributed by atoms with van der Waals surface area (Å²) in [5.74, 6) is -0.775. The minimum Gasteiger partial charge on any atom is -0.481 e. The van der Waals surface area contributed by atoms with Gasteiger partial charge in [-0.25, -0.2) is 0 Å². The highest BCUT2D eigenvalue weighted by molar-refractivity contribution is 5.66. The van der Waals surface area contributed by atoms with E-state index in [1.807, 2.05) is 0 Å². The molecule has 0 spiro atoms. The van der Waals surface area contributed by atoms with Gasteiger partial charge in [0.05, 0.1) is 6.10 Å². The molecule has 0 rings (SSSR count). The van der Waals surface area contributed by atoms with Crippen molar-refractivity contribution in [3.63, 3.8) is 0 Å². The molecule has 0 aliphatic heterocycles. The molecule has 0 aromatic heterocycles. The molecule has 0 heterocycles. The van der Waals surface area contributed by atoms with E-state index < -0.39 is 5.97 Å². The van der Waals surface area contributed by atoms with Gasteiger partial charge in [0.1, 0.15) is 0 Å². The number of aliphatic hydroxyl groups is 1. The predicted octanol–water partition coefficient (Wildman–Crippen LogP) is 2.57. The first-order valence-electron chi connectivity index (χ1n) is 5.56. The minimum absolute atomic E-state index is 0.173. The van der Waals surface area contributed by atoms with E-state index in [4.69, 9.17) is 5.11 Å². The fourth-order valence-electron chi connectivity index (χ4n) is 1.44. The first-order chi connectivity index (χ1) is 6.66. The molecule has 0 fully saturated rings. The molecule has 0 bridgehead atoms. The van der Waals surface area contributed by atoms with E-state index in [2.05, 4.69) is 6.92 Å². The number of hydrogen-bond donors (Lipinski definition) is 2. The fraction of sp³-hybridized carbons (Fsp3) is 0.909. The summed E-state index contributed by atoms with van der Waals surface area (Å²) < 4.78 is 0. The average Bonchev–Trinajstić information content (AvgIpc) is 2.12. The molecule has 3 heteroatoms. The molecule has 0 aromatic carbocycles. The van der Waals surface area contributed by atoms with Crippen molar-refractivity contribution in [2.45, 2.75) is 64.4 Å². The molecule has 0 aromatic rings. The SMILES string of the molecule is CCCCCC[C@@H](O)CCCC(=O)O. The topological polar surface area (TPSA) is 57.5 Å². The second kappa shape index (κ2) is 9.00. The third-order valence-corrected chi connectivity index (χ3v) is 2.32. The molecule has 2 N–H and O–H groups in total. The molecule has 0 saturated carbocycles. The molecule has 0 radical (unpaired) electrons. The lowest BCUT2D eigenvalue weighted by Crippen LogP contribution is -2.07. The van der Waals surface area contributed by atoms with E-state index in [1.54, 1.807) is 0 Å². The van der Waals surface area contributed by atoms with Crippen molar-refractivity contribution in [2.75, 3.05) is 0 Å². The maximum atomic E-state index is 10.2. The van der Waals surface area contributed by atoms with Gasteiger partial charge in [0.25, 0.3) is 0 Å². The van der Waals surface area contributed by atoms with Crippen molar-refractivity contribution < 1.29 is 15.0 Å². The number of carboxylic acids is 1. The summed E-state index contributed by atoms with van der Waals surface area (Å²) in [6.45, 7) is 2.16. The Kier molecular flexibility index (Phi) is 8.64. The van der Waals surface area contributed by atoms with Gasteiger partial charge in [-0.05, 0) is 19.3 Å². The summed E-state index contributed by atoms with van der Waals surface area (Å²) in [4.78, 5) is 10.2. The number of aliphatic hydroxyl groups excluding tert-OH is 1. The lowest BCUT2D eigenvalue weighted by molar-refractivity contribution is -0.137. The molecule has 0 aliphatic carbocycles. The number of aliphatic carboxylic acids is 1. The van der Waals surface area contributed by atoms with Crippen molar-refractivity contribution in [1.29, 1.82) is 0 Å². The molecular formula is C11H22O3. The first kappa shape index (κ1) is 13.4. The Hall–Kier alpha value is -0.570. The molecule has 1 atom stereocenters. The van der Waals surface area contributed by atoms with Gasteiger partial charge in [-0.3, -0.25) is 4.79 Å². The average molecular weight is 202 g/mol. The number of carbonyl (C=O) groups is 1. The zero-order chi connectivity index (χ0) is 10.8. The van der Waals surface area contributed by atoms with Gasteiger partial charge in [-0.1, -0.05) is 32.6 Å². The van der Waals surface area contributed by atoms with E-state index in [-0.39, 0.29) is 12.5 Å². The largest absolute Gasteiger partial charge is 0.481 e. The van der Waals surface area contributed by atoms with Crippen LogP contribution in [0, 0.1) is 0 Å². The van der Waals surface area contributed by atoms with Gasteiger partial charge in [0, 0.05) is 6.42 Å². The molecule has 0 saturated heterocycles. The second-order valence-corrected chi connectivity index (χ2v) is 3.79. The Morgan fingerprint density at radius 2 is 1.79 bits per heavy atom. The second-order valence-electron chi connectivity index (χ2n) is 3.79. The van der Waals surface area contributed by atoms with E-state index in [1.165, 1.54) is 19.3 Å². The predicted molar refractivity (Wildman–Crippen MR) is 56.3 cm³/mol. The van der Waals surface area contributed by atoms with Crippen LogP contribution in [0.25, 0.3) is 0 Å². The van der Waals surface area contributed by atoms with Crippen molar-refractivity contribution in [1.82, 2.24) is 0 Å². The van der Waals surface area contributed by atoms with Crippen LogP contribution < -0.4 is 0 Å². The molecular weight excluding hydrogens is 180 g/mol. The van der Waals surface area contributed by atoms with Crippen molar-refractivity contribution in [3.05, 3.63) is 0 Å². The highest BCUT2D eigenvalue weighted by Gasteiger charge is 2.05. The number of unbranched alkanes of at least 4 members (excludes halogenated alkanes) is 3. The van der Waals surface area contributed by atoms with Gasteiger partial charge in [0.2, 0.25) is 0 Å². The van der Waals surface area contributed by atoms with Gasteiger partial charge < -0.3 is 10.2 Å². The number of rotatable bonds is 9. The Morgan fingerprint density at radius 1 is 1.14 bits per heavy atom. The monoisotopic (exact) mass is 202 g/mol. The fourth-order valence-corrected chi connectivity index (χ4v) is 1.44. The summed E-state index contributed by atoms with van der Waals surface area (Å²) in [5, 5.41) is 17.9. The first-order valence-corrected chi connectivity index (χ1v) is 5.56. The van der Waals surface area contributed by atoms with Crippen LogP contribution in [0.15, 0.2) is 0 Å². The third-order valence-electron chi connectivity index (χ3n) is 2.32. The Morgan fingerprint density at radius 3 is 2.36 bits per heavy atom. The molecule has 14 heavy (non-hydrogen) atoms. The number of hydrogen-bond acceptors (Lipinski definition) is 2. The van der Waals surface area contributed by atoms with Crippen LogP contribution in [0.1, 0.15) is 58.3 Å². The van der Waals surface area contributed by atoms with Gasteiger partial charge >= 0.3 is 5.97 Å². The maximum Gasteiger partial charge on any atom is 0.303 e. The number of carboxylic acid groups (broad SMARTS) is 1. The van der Waals surface area contributed by atoms with E-state index in [0.29, 0.717) is 12.8 Å². The Balaban J connectivity index is 3.19. The Bertz CT molecular complexity index is 145. The van der Waals surface area contributed by atoms with Crippen molar-refractivity contribution in [2.24, 2.45) is 0 Å². The van der Waals surface area contributed by atoms with Crippen LogP contribution in [0.2, 0.25) is 0 Å². The van der Waals surface area contributed by atoms with E-state index in [0.717, 1.165) is 12.8 Å². The zero-order valence-corrected chi connectivity index (χ0v) is 9.04. The van der Waals surface area contributed by atoms with Crippen LogP contribution in [0.3, 0.4) is 0 Å². The zero-order valence-electron chi connectivity index (χ0n) is 9.04. The van der Waals surface area contributed by atoms with Crippen LogP contribution >= 0.6 is 0 Å². The molecule has 3 nitrogen and oxygen atoms in total. The van der Waals surface area contributed by atoms with Gasteiger partial charge in [0.15, 0.2) is 0 Å². The standard InChI is InChI=1S/C11H22O3/c1-2-3-4-5-7-10(12)8-6-9-11(13)14/h10,12H,2-9H2,1H3,(H,13,14)/t10-/m1/s1. The lowest BCUT2D eigenvalue weighted by Gasteiger charge is -2.08. The highest BCUT2D eigenvalue weighted by atomic mass is 16.4. The lowest BCUT2D eigenvalue weighted by atomic mass is 10.0. The minimum atomic E-state index is -0.775. The van der Waals surface area contributed by atoms with Crippen molar-refractivity contribution >= 4 is 5.97 Å². The smallest absolute Gasteiger partial charge is 0.303 e. The van der Waals surface area contributed by atoms with E-state index in [9.17, 15) is 9.90 Å². The molecule has 0 amide bonds. The maximum absolute atomic E-state index is 10.2. The van der Waals surface area contributed by atoms with E-state index >= 15 is 0 Å². The van der Waals surface area contributed by atoms with Gasteiger partial charge in [-0.15, -0.1) is 0 Å². The molecule has 0 unspecified atom stereocenters. The van der Waals surface area contributed by atoms with Gasteiger partial charge in [-0.2, -0.15) is 0 Å². The normalized spacial score (nSPS) is 12.7. The summed E-state index contributed by atoms with van der Waals surface area (Å²) in [6, 6.07) is 0.